The van der Waals surface area contributed by atoms with E-state index in [9.17, 15) is 24.0 Å². The van der Waals surface area contributed by atoms with E-state index >= 15 is 0 Å². The Bertz CT molecular complexity index is 1370. The summed E-state index contributed by atoms with van der Waals surface area (Å²) in [6.07, 6.45) is 5.62. The molecule has 3 aromatic rings. The Morgan fingerprint density at radius 1 is 1.05 bits per heavy atom. The standard InChI is InChI=1S/C27H28N6O5.C4H10/c34-16-20(12-19-8-9-30-25(19)36)32-24(35)15-31-26(37)22(33-27(38)23-14-28-10-11-29-23)13-18-6-3-5-17-4-1-2-7-21(17)18;1-4(2)3/h1-7,10-11,14,16,19-20,22H,8-9,12-13,15H2,(H,30,36)(H,31,37)(H,32,35)(H,33,38);4H,1-3H3. The first-order valence-electron chi connectivity index (χ1n) is 14.0. The number of hydrogen-bond donors (Lipinski definition) is 4. The second-order valence-corrected chi connectivity index (χ2v) is 10.7. The van der Waals surface area contributed by atoms with E-state index in [0.29, 0.717) is 19.3 Å². The summed E-state index contributed by atoms with van der Waals surface area (Å²) in [6, 6.07) is 11.5. The highest BCUT2D eigenvalue weighted by Crippen LogP contribution is 2.20. The number of carbonyl (C=O) groups is 5. The molecular formula is C31H38N6O5. The normalized spacial score (nSPS) is 15.5. The fourth-order valence-electron chi connectivity index (χ4n) is 4.42. The van der Waals surface area contributed by atoms with Crippen molar-refractivity contribution in [2.45, 2.75) is 52.1 Å². The van der Waals surface area contributed by atoms with Gasteiger partial charge in [-0.3, -0.25) is 24.2 Å². The predicted octanol–water partition coefficient (Wildman–Crippen LogP) is 1.96. The molecule has 1 fully saturated rings. The van der Waals surface area contributed by atoms with Gasteiger partial charge < -0.3 is 26.1 Å². The molecule has 222 valence electrons. The first-order chi connectivity index (χ1) is 20.2. The van der Waals surface area contributed by atoms with Gasteiger partial charge in [-0.2, -0.15) is 0 Å². The Hall–Kier alpha value is -4.67. The number of aldehydes is 1. The van der Waals surface area contributed by atoms with E-state index in [-0.39, 0.29) is 30.4 Å². The molecule has 1 aromatic heterocycles. The summed E-state index contributed by atoms with van der Waals surface area (Å²) in [7, 11) is 0. The zero-order chi connectivity index (χ0) is 30.5. The van der Waals surface area contributed by atoms with Crippen molar-refractivity contribution in [1.82, 2.24) is 31.2 Å². The lowest BCUT2D eigenvalue weighted by Gasteiger charge is -2.20. The van der Waals surface area contributed by atoms with E-state index in [2.05, 4.69) is 52.0 Å². The molecule has 4 amide bonds. The third-order valence-electron chi connectivity index (χ3n) is 6.36. The fourth-order valence-corrected chi connectivity index (χ4v) is 4.42. The van der Waals surface area contributed by atoms with Gasteiger partial charge in [0.25, 0.3) is 5.91 Å². The summed E-state index contributed by atoms with van der Waals surface area (Å²) in [5.74, 6) is -1.41. The molecule has 0 spiro atoms. The second-order valence-electron chi connectivity index (χ2n) is 10.7. The lowest BCUT2D eigenvalue weighted by molar-refractivity contribution is -0.128. The summed E-state index contributed by atoms with van der Waals surface area (Å²) >= 11 is 0. The van der Waals surface area contributed by atoms with Crippen molar-refractivity contribution in [1.29, 1.82) is 0 Å². The average Bonchev–Trinajstić information content (AvgIpc) is 3.39. The fraction of sp³-hybridized carbons (Fsp3) is 0.387. The number of carbonyl (C=O) groups excluding carboxylic acids is 5. The van der Waals surface area contributed by atoms with Crippen LogP contribution in [0, 0.1) is 11.8 Å². The van der Waals surface area contributed by atoms with Gasteiger partial charge in [-0.25, -0.2) is 4.98 Å². The second kappa shape index (κ2) is 15.9. The van der Waals surface area contributed by atoms with Crippen LogP contribution in [0.3, 0.4) is 0 Å². The van der Waals surface area contributed by atoms with Gasteiger partial charge in [0.1, 0.15) is 18.0 Å². The molecule has 2 heterocycles. The van der Waals surface area contributed by atoms with E-state index in [1.807, 2.05) is 42.5 Å². The van der Waals surface area contributed by atoms with Crippen LogP contribution < -0.4 is 21.3 Å². The third kappa shape index (κ3) is 9.76. The van der Waals surface area contributed by atoms with Gasteiger partial charge in [0, 0.05) is 31.3 Å². The Labute approximate surface area is 245 Å². The number of rotatable bonds is 11. The van der Waals surface area contributed by atoms with Crippen LogP contribution in [0.4, 0.5) is 0 Å². The number of nitrogens with one attached hydrogen (secondary N) is 4. The van der Waals surface area contributed by atoms with Crippen LogP contribution in [0.15, 0.2) is 61.1 Å². The highest BCUT2D eigenvalue weighted by atomic mass is 16.2. The van der Waals surface area contributed by atoms with Gasteiger partial charge in [-0.05, 0) is 35.1 Å². The zero-order valence-corrected chi connectivity index (χ0v) is 24.1. The quantitative estimate of drug-likeness (QED) is 0.255. The van der Waals surface area contributed by atoms with Gasteiger partial charge in [-0.15, -0.1) is 0 Å². The number of aromatic nitrogens is 2. The molecule has 2 aromatic carbocycles. The number of benzene rings is 2. The molecule has 1 saturated heterocycles. The van der Waals surface area contributed by atoms with E-state index in [1.165, 1.54) is 18.6 Å². The van der Waals surface area contributed by atoms with Crippen molar-refractivity contribution in [3.63, 3.8) is 0 Å². The van der Waals surface area contributed by atoms with Gasteiger partial charge in [0.2, 0.25) is 17.7 Å². The third-order valence-corrected chi connectivity index (χ3v) is 6.36. The summed E-state index contributed by atoms with van der Waals surface area (Å²) in [4.78, 5) is 69.5. The number of nitrogens with zero attached hydrogens (tertiary/aromatic N) is 2. The van der Waals surface area contributed by atoms with E-state index in [4.69, 9.17) is 0 Å². The lowest BCUT2D eigenvalue weighted by Crippen LogP contribution is -2.51. The number of hydrogen-bond acceptors (Lipinski definition) is 7. The smallest absolute Gasteiger partial charge is 0.272 e. The van der Waals surface area contributed by atoms with Crippen molar-refractivity contribution in [3.8, 4) is 0 Å². The van der Waals surface area contributed by atoms with Crippen molar-refractivity contribution < 1.29 is 24.0 Å². The van der Waals surface area contributed by atoms with Gasteiger partial charge in [0.05, 0.1) is 18.8 Å². The zero-order valence-electron chi connectivity index (χ0n) is 24.1. The molecule has 11 nitrogen and oxygen atoms in total. The molecule has 42 heavy (non-hydrogen) atoms. The molecule has 0 aliphatic carbocycles. The minimum atomic E-state index is -1.02. The largest absolute Gasteiger partial charge is 0.356 e. The minimum Gasteiger partial charge on any atom is -0.356 e. The number of fused-ring (bicyclic) bond motifs is 1. The molecule has 1 aliphatic rings. The molecular weight excluding hydrogens is 536 g/mol. The Morgan fingerprint density at radius 2 is 1.79 bits per heavy atom. The average molecular weight is 575 g/mol. The Kier molecular flexibility index (Phi) is 12.1. The van der Waals surface area contributed by atoms with Crippen molar-refractivity contribution >= 4 is 40.7 Å². The van der Waals surface area contributed by atoms with Crippen molar-refractivity contribution in [2.24, 2.45) is 11.8 Å². The van der Waals surface area contributed by atoms with Crippen LogP contribution in [0.25, 0.3) is 10.8 Å². The minimum absolute atomic E-state index is 0.0470. The van der Waals surface area contributed by atoms with Crippen LogP contribution >= 0.6 is 0 Å². The molecule has 11 heteroatoms. The summed E-state index contributed by atoms with van der Waals surface area (Å²) in [6.45, 7) is 6.63. The molecule has 1 aliphatic heterocycles. The van der Waals surface area contributed by atoms with Crippen LogP contribution in [-0.2, 0) is 25.6 Å². The SMILES string of the molecule is CC(C)C.O=CC(CC1CCNC1=O)NC(=O)CNC(=O)C(Cc1cccc2ccccc12)NC(=O)c1cnccn1. The summed E-state index contributed by atoms with van der Waals surface area (Å²) in [5, 5.41) is 12.4. The van der Waals surface area contributed by atoms with Gasteiger partial charge >= 0.3 is 0 Å². The molecule has 0 saturated carbocycles. The Morgan fingerprint density at radius 3 is 2.45 bits per heavy atom. The van der Waals surface area contributed by atoms with E-state index in [1.54, 1.807) is 0 Å². The van der Waals surface area contributed by atoms with Crippen LogP contribution in [-0.4, -0.2) is 65.1 Å². The van der Waals surface area contributed by atoms with Gasteiger partial charge in [-0.1, -0.05) is 63.2 Å². The lowest BCUT2D eigenvalue weighted by atomic mass is 9.98. The summed E-state index contributed by atoms with van der Waals surface area (Å²) < 4.78 is 0. The first kappa shape index (κ1) is 31.9. The van der Waals surface area contributed by atoms with Crippen LogP contribution in [0.5, 0.6) is 0 Å². The molecule has 4 N–H and O–H groups in total. The molecule has 0 radical (unpaired) electrons. The maximum atomic E-state index is 13.2. The number of amides is 4. The van der Waals surface area contributed by atoms with Crippen molar-refractivity contribution in [3.05, 3.63) is 72.3 Å². The maximum absolute atomic E-state index is 13.2. The first-order valence-corrected chi connectivity index (χ1v) is 14.0. The highest BCUT2D eigenvalue weighted by molar-refractivity contribution is 5.97. The molecule has 3 unspecified atom stereocenters. The maximum Gasteiger partial charge on any atom is 0.272 e. The van der Waals surface area contributed by atoms with Crippen LogP contribution in [0.2, 0.25) is 0 Å². The predicted molar refractivity (Wildman–Crippen MR) is 158 cm³/mol. The molecule has 0 bridgehead atoms. The summed E-state index contributed by atoms with van der Waals surface area (Å²) in [5.41, 5.74) is 0.883. The van der Waals surface area contributed by atoms with E-state index in [0.717, 1.165) is 22.3 Å². The van der Waals surface area contributed by atoms with Gasteiger partial charge in [0.15, 0.2) is 0 Å². The molecule has 3 atom stereocenters. The van der Waals surface area contributed by atoms with Crippen molar-refractivity contribution in [2.75, 3.05) is 13.1 Å². The topological polar surface area (TPSA) is 159 Å². The Balaban J connectivity index is 0.00000114. The highest BCUT2D eigenvalue weighted by Gasteiger charge is 2.28. The van der Waals surface area contributed by atoms with Crippen LogP contribution in [0.1, 0.15) is 49.7 Å². The molecule has 4 rings (SSSR count). The van der Waals surface area contributed by atoms with E-state index < -0.39 is 36.3 Å². The monoisotopic (exact) mass is 574 g/mol.